The van der Waals surface area contributed by atoms with Crippen molar-refractivity contribution in [3.63, 3.8) is 0 Å². The van der Waals surface area contributed by atoms with Crippen LogP contribution in [0.3, 0.4) is 0 Å². The van der Waals surface area contributed by atoms with Gasteiger partial charge in [-0.2, -0.15) is 8.78 Å². The molecule has 0 unspecified atom stereocenters. The van der Waals surface area contributed by atoms with Gasteiger partial charge in [-0.3, -0.25) is 5.10 Å². The molecule has 0 saturated carbocycles. The Morgan fingerprint density at radius 2 is 2.12 bits per heavy atom. The van der Waals surface area contributed by atoms with Crippen molar-refractivity contribution in [3.8, 4) is 11.6 Å². The molecule has 0 spiro atoms. The Morgan fingerprint density at radius 1 is 1.38 bits per heavy atom. The van der Waals surface area contributed by atoms with Gasteiger partial charge in [0.25, 0.3) is 0 Å². The second-order valence-corrected chi connectivity index (χ2v) is 3.67. The van der Waals surface area contributed by atoms with E-state index in [1.54, 1.807) is 0 Å². The van der Waals surface area contributed by atoms with E-state index in [0.717, 1.165) is 24.5 Å². The number of H-pyrrole nitrogens is 1. The van der Waals surface area contributed by atoms with Crippen LogP contribution in [0.5, 0.6) is 0 Å². The van der Waals surface area contributed by atoms with Crippen molar-refractivity contribution in [3.05, 3.63) is 11.4 Å². The number of imidazole rings is 1. The molecular weight excluding hydrogens is 218 g/mol. The van der Waals surface area contributed by atoms with Gasteiger partial charge in [-0.25, -0.2) is 4.98 Å². The number of fused-ring (bicyclic) bond motifs is 1. The monoisotopic (exact) mass is 228 g/mol. The summed E-state index contributed by atoms with van der Waals surface area (Å²) in [5.41, 5.74) is 2.03. The maximum atomic E-state index is 12.2. The van der Waals surface area contributed by atoms with Gasteiger partial charge in [-0.15, -0.1) is 9.90 Å². The number of rotatable bonds is 2. The molecule has 6 nitrogen and oxygen atoms in total. The average Bonchev–Trinajstić information content (AvgIpc) is 2.68. The Balaban J connectivity index is 1.96. The molecule has 2 N–H and O–H groups in total. The fourth-order valence-electron chi connectivity index (χ4n) is 1.87. The van der Waals surface area contributed by atoms with Crippen LogP contribution in [0, 0.1) is 0 Å². The molecule has 0 radical (unpaired) electrons. The van der Waals surface area contributed by atoms with Gasteiger partial charge in [0.1, 0.15) is 0 Å². The van der Waals surface area contributed by atoms with Crippen molar-refractivity contribution in [2.45, 2.75) is 19.6 Å². The molecule has 0 bridgehead atoms. The summed E-state index contributed by atoms with van der Waals surface area (Å²) in [4.78, 5) is 4.85. The van der Waals surface area contributed by atoms with Gasteiger partial charge in [0.05, 0.1) is 11.4 Å². The summed E-state index contributed by atoms with van der Waals surface area (Å²) in [5.74, 6) is 0.987. The van der Waals surface area contributed by atoms with E-state index in [4.69, 9.17) is 0 Å². The number of hydrogen-bond donors (Lipinski definition) is 2. The molecule has 0 atom stereocenters. The van der Waals surface area contributed by atoms with Crippen LogP contribution in [0.1, 0.15) is 17.9 Å². The molecular formula is C8H10F2N6. The fraction of sp³-hybridized carbons (Fsp3) is 0.500. The minimum Gasteiger partial charge on any atom is -0.327 e. The number of aromatic nitrogens is 5. The third kappa shape index (κ3) is 1.19. The summed E-state index contributed by atoms with van der Waals surface area (Å²) in [7, 11) is 1.85. The van der Waals surface area contributed by atoms with E-state index in [0.29, 0.717) is 16.4 Å². The molecule has 1 aliphatic rings. The molecule has 2 aromatic rings. The fourth-order valence-corrected chi connectivity index (χ4v) is 1.87. The minimum atomic E-state index is -2.63. The summed E-state index contributed by atoms with van der Waals surface area (Å²) in [6.07, 6.45) is 0. The summed E-state index contributed by atoms with van der Waals surface area (Å²) >= 11 is 0. The van der Waals surface area contributed by atoms with Crippen molar-refractivity contribution in [1.82, 2.24) is 29.9 Å². The Morgan fingerprint density at radius 3 is 2.75 bits per heavy atom. The topological polar surface area (TPSA) is 63.5 Å². The van der Waals surface area contributed by atoms with E-state index in [9.17, 15) is 8.78 Å². The highest BCUT2D eigenvalue weighted by atomic mass is 19.3. The van der Waals surface area contributed by atoms with E-state index < -0.39 is 6.55 Å². The van der Waals surface area contributed by atoms with Gasteiger partial charge in [-0.1, -0.05) is 0 Å². The highest BCUT2D eigenvalue weighted by molar-refractivity contribution is 5.46. The summed E-state index contributed by atoms with van der Waals surface area (Å²) in [5, 5.41) is 9.27. The second-order valence-electron chi connectivity index (χ2n) is 3.67. The van der Waals surface area contributed by atoms with Crippen LogP contribution in [0.2, 0.25) is 0 Å². The van der Waals surface area contributed by atoms with Gasteiger partial charge in [0.2, 0.25) is 5.82 Å². The van der Waals surface area contributed by atoms with Crippen LogP contribution in [-0.4, -0.2) is 24.5 Å². The van der Waals surface area contributed by atoms with E-state index in [1.807, 2.05) is 11.6 Å². The summed E-state index contributed by atoms with van der Waals surface area (Å²) in [6.45, 7) is -1.16. The van der Waals surface area contributed by atoms with Crippen LogP contribution >= 0.6 is 0 Å². The maximum Gasteiger partial charge on any atom is 0.346 e. The highest BCUT2D eigenvalue weighted by Gasteiger charge is 2.23. The van der Waals surface area contributed by atoms with Gasteiger partial charge in [-0.05, 0) is 0 Å². The number of aromatic amines is 1. The minimum absolute atomic E-state index is 0.386. The van der Waals surface area contributed by atoms with Crippen molar-refractivity contribution in [2.75, 3.05) is 0 Å². The van der Waals surface area contributed by atoms with E-state index in [-0.39, 0.29) is 0 Å². The SMILES string of the molecule is Cn1c(-c2nn(C(F)F)[nH]2)nc2c1CNC2. The lowest BCUT2D eigenvalue weighted by Gasteiger charge is -2.12. The maximum absolute atomic E-state index is 12.2. The highest BCUT2D eigenvalue weighted by Crippen LogP contribution is 2.23. The molecule has 16 heavy (non-hydrogen) atoms. The molecule has 8 heteroatoms. The third-order valence-electron chi connectivity index (χ3n) is 2.71. The zero-order chi connectivity index (χ0) is 11.3. The Labute approximate surface area is 89.2 Å². The normalized spacial score (nSPS) is 15.0. The molecule has 2 aromatic heterocycles. The Hall–Kier alpha value is -1.70. The summed E-state index contributed by atoms with van der Waals surface area (Å²) < 4.78 is 26.2. The van der Waals surface area contributed by atoms with Crippen molar-refractivity contribution in [2.24, 2.45) is 7.05 Å². The third-order valence-corrected chi connectivity index (χ3v) is 2.71. The number of hydrogen-bond acceptors (Lipinski definition) is 3. The second kappa shape index (κ2) is 3.14. The molecule has 0 aliphatic carbocycles. The van der Waals surface area contributed by atoms with E-state index >= 15 is 0 Å². The first-order valence-electron chi connectivity index (χ1n) is 4.85. The van der Waals surface area contributed by atoms with Crippen LogP contribution < -0.4 is 5.32 Å². The quantitative estimate of drug-likeness (QED) is 0.791. The van der Waals surface area contributed by atoms with Crippen LogP contribution in [0.25, 0.3) is 11.6 Å². The Kier molecular flexibility index (Phi) is 1.87. The zero-order valence-corrected chi connectivity index (χ0v) is 8.54. The van der Waals surface area contributed by atoms with Gasteiger partial charge >= 0.3 is 6.55 Å². The van der Waals surface area contributed by atoms with Gasteiger partial charge < -0.3 is 9.88 Å². The molecule has 3 rings (SSSR count). The number of alkyl halides is 2. The van der Waals surface area contributed by atoms with Crippen molar-refractivity contribution >= 4 is 0 Å². The van der Waals surface area contributed by atoms with E-state index in [2.05, 4.69) is 20.5 Å². The standard InChI is InChI=1S/C8H10F2N6/c1-15-5-3-11-2-4(5)12-7(15)6-13-16(14-6)8(9)10/h8,11H,2-3H2,1H3,(H,13,14). The van der Waals surface area contributed by atoms with Crippen LogP contribution in [-0.2, 0) is 20.1 Å². The van der Waals surface area contributed by atoms with Crippen LogP contribution in [0.15, 0.2) is 0 Å². The molecule has 0 aromatic carbocycles. The zero-order valence-electron chi connectivity index (χ0n) is 8.54. The van der Waals surface area contributed by atoms with Gasteiger partial charge in [0, 0.05) is 20.1 Å². The predicted molar refractivity (Wildman–Crippen MR) is 50.6 cm³/mol. The van der Waals surface area contributed by atoms with Gasteiger partial charge in [0.15, 0.2) is 5.82 Å². The lowest BCUT2D eigenvalue weighted by molar-refractivity contribution is 0.0304. The molecule has 86 valence electrons. The lowest BCUT2D eigenvalue weighted by Crippen LogP contribution is -2.19. The van der Waals surface area contributed by atoms with Crippen LogP contribution in [0.4, 0.5) is 8.78 Å². The first-order valence-corrected chi connectivity index (χ1v) is 4.85. The smallest absolute Gasteiger partial charge is 0.327 e. The van der Waals surface area contributed by atoms with Crippen molar-refractivity contribution < 1.29 is 8.78 Å². The van der Waals surface area contributed by atoms with Crippen molar-refractivity contribution in [1.29, 1.82) is 0 Å². The average molecular weight is 228 g/mol. The number of nitrogens with zero attached hydrogens (tertiary/aromatic N) is 4. The lowest BCUT2D eigenvalue weighted by atomic mass is 10.4. The Bertz CT molecular complexity index is 510. The molecule has 0 saturated heterocycles. The predicted octanol–water partition coefficient (Wildman–Crippen LogP) is 0.610. The molecule has 0 fully saturated rings. The molecule has 1 aliphatic heterocycles. The first kappa shape index (κ1) is 9.52. The first-order chi connectivity index (χ1) is 7.66. The largest absolute Gasteiger partial charge is 0.346 e. The number of halogens is 2. The molecule has 3 heterocycles. The summed E-state index contributed by atoms with van der Waals surface area (Å²) in [6, 6.07) is 0. The number of nitrogens with one attached hydrogen (secondary N) is 2. The van der Waals surface area contributed by atoms with E-state index in [1.165, 1.54) is 0 Å². The molecule has 0 amide bonds.